The molecular formula is C20H20ClN3OS. The van der Waals surface area contributed by atoms with E-state index in [0.29, 0.717) is 15.7 Å². The maximum absolute atomic E-state index is 13.0. The number of allylic oxidation sites excluding steroid dienone is 1. The molecule has 1 aliphatic heterocycles. The zero-order valence-electron chi connectivity index (χ0n) is 14.8. The van der Waals surface area contributed by atoms with E-state index in [1.807, 2.05) is 57.2 Å². The summed E-state index contributed by atoms with van der Waals surface area (Å²) in [5.74, 6) is -0.182. The molecule has 0 spiro atoms. The van der Waals surface area contributed by atoms with Crippen LogP contribution in [-0.4, -0.2) is 11.0 Å². The van der Waals surface area contributed by atoms with Gasteiger partial charge in [0.15, 0.2) is 5.11 Å². The van der Waals surface area contributed by atoms with Gasteiger partial charge in [0.1, 0.15) is 0 Å². The van der Waals surface area contributed by atoms with Crippen LogP contribution in [0.3, 0.4) is 0 Å². The fourth-order valence-corrected chi connectivity index (χ4v) is 3.42. The van der Waals surface area contributed by atoms with Crippen LogP contribution in [0.4, 0.5) is 5.69 Å². The van der Waals surface area contributed by atoms with Crippen molar-refractivity contribution in [3.8, 4) is 0 Å². The maximum atomic E-state index is 13.0. The molecule has 4 nitrogen and oxygen atoms in total. The van der Waals surface area contributed by atoms with Gasteiger partial charge in [0, 0.05) is 16.4 Å². The number of halogens is 1. The van der Waals surface area contributed by atoms with Gasteiger partial charge < -0.3 is 16.0 Å². The number of aryl methyl sites for hydroxylation is 2. The average Bonchev–Trinajstić information content (AvgIpc) is 2.57. The summed E-state index contributed by atoms with van der Waals surface area (Å²) in [4.78, 5) is 13.0. The standard InChI is InChI=1S/C20H20ClN3OS/c1-11-7-8-16(9-12(11)2)23-19(25)17-13(3)22-20(26)24-18(17)14-5-4-6-15(21)10-14/h4-10,18H,1-3H3,(H,23,25)(H2,22,24,26)/t18-/m0/s1. The first-order chi connectivity index (χ1) is 12.3. The Labute approximate surface area is 163 Å². The van der Waals surface area contributed by atoms with Crippen molar-refractivity contribution < 1.29 is 4.79 Å². The topological polar surface area (TPSA) is 53.2 Å². The van der Waals surface area contributed by atoms with E-state index in [-0.39, 0.29) is 11.9 Å². The Balaban J connectivity index is 1.95. The predicted molar refractivity (Wildman–Crippen MR) is 110 cm³/mol. The third-order valence-electron chi connectivity index (χ3n) is 4.46. The average molecular weight is 386 g/mol. The molecule has 0 fully saturated rings. The molecule has 26 heavy (non-hydrogen) atoms. The second-order valence-corrected chi connectivity index (χ2v) is 7.22. The van der Waals surface area contributed by atoms with Crippen molar-refractivity contribution in [2.75, 3.05) is 5.32 Å². The number of carbonyl (C=O) groups excluding carboxylic acids is 1. The van der Waals surface area contributed by atoms with Gasteiger partial charge in [-0.25, -0.2) is 0 Å². The fraction of sp³-hybridized carbons (Fsp3) is 0.200. The number of amides is 1. The molecule has 0 saturated heterocycles. The summed E-state index contributed by atoms with van der Waals surface area (Å²) < 4.78 is 0. The van der Waals surface area contributed by atoms with Crippen LogP contribution in [0.25, 0.3) is 0 Å². The minimum absolute atomic E-state index is 0.182. The molecule has 1 aliphatic rings. The first-order valence-electron chi connectivity index (χ1n) is 8.27. The largest absolute Gasteiger partial charge is 0.351 e. The van der Waals surface area contributed by atoms with Crippen molar-refractivity contribution in [1.82, 2.24) is 10.6 Å². The third-order valence-corrected chi connectivity index (χ3v) is 4.92. The number of rotatable bonds is 3. The van der Waals surface area contributed by atoms with Gasteiger partial charge in [-0.2, -0.15) is 0 Å². The van der Waals surface area contributed by atoms with E-state index in [2.05, 4.69) is 16.0 Å². The van der Waals surface area contributed by atoms with E-state index in [0.717, 1.165) is 22.5 Å². The zero-order chi connectivity index (χ0) is 18.8. The molecule has 2 aromatic carbocycles. The zero-order valence-corrected chi connectivity index (χ0v) is 16.4. The molecule has 3 rings (SSSR count). The summed E-state index contributed by atoms with van der Waals surface area (Å²) in [5.41, 5.74) is 5.25. The molecule has 0 aromatic heterocycles. The second-order valence-electron chi connectivity index (χ2n) is 6.38. The lowest BCUT2D eigenvalue weighted by atomic mass is 9.95. The Hall–Kier alpha value is -2.37. The molecule has 0 aliphatic carbocycles. The van der Waals surface area contributed by atoms with Gasteiger partial charge in [-0.15, -0.1) is 0 Å². The van der Waals surface area contributed by atoms with E-state index in [4.69, 9.17) is 23.8 Å². The highest BCUT2D eigenvalue weighted by Gasteiger charge is 2.30. The Morgan fingerprint density at radius 1 is 1.12 bits per heavy atom. The van der Waals surface area contributed by atoms with E-state index < -0.39 is 0 Å². The van der Waals surface area contributed by atoms with Crippen LogP contribution in [0.1, 0.15) is 29.7 Å². The second kappa shape index (κ2) is 7.48. The number of thiocarbonyl (C=S) groups is 1. The molecule has 1 heterocycles. The third kappa shape index (κ3) is 3.89. The first kappa shape index (κ1) is 18.4. The summed E-state index contributed by atoms with van der Waals surface area (Å²) in [7, 11) is 0. The Morgan fingerprint density at radius 3 is 2.58 bits per heavy atom. The Bertz CT molecular complexity index is 923. The first-order valence-corrected chi connectivity index (χ1v) is 9.06. The molecule has 1 atom stereocenters. The maximum Gasteiger partial charge on any atom is 0.255 e. The molecule has 0 saturated carbocycles. The minimum atomic E-state index is -0.367. The van der Waals surface area contributed by atoms with Crippen molar-refractivity contribution >= 4 is 40.5 Å². The van der Waals surface area contributed by atoms with Crippen LogP contribution in [-0.2, 0) is 4.79 Å². The van der Waals surface area contributed by atoms with Crippen LogP contribution in [0.15, 0.2) is 53.7 Å². The summed E-state index contributed by atoms with van der Waals surface area (Å²) in [5, 5.41) is 10.3. The highest BCUT2D eigenvalue weighted by molar-refractivity contribution is 7.80. The molecule has 0 bridgehead atoms. The van der Waals surface area contributed by atoms with Gasteiger partial charge in [0.25, 0.3) is 5.91 Å². The number of nitrogens with one attached hydrogen (secondary N) is 3. The Morgan fingerprint density at radius 2 is 1.88 bits per heavy atom. The van der Waals surface area contributed by atoms with E-state index in [9.17, 15) is 4.79 Å². The van der Waals surface area contributed by atoms with E-state index >= 15 is 0 Å². The molecule has 2 aromatic rings. The predicted octanol–water partition coefficient (Wildman–Crippen LogP) is 4.39. The lowest BCUT2D eigenvalue weighted by Crippen LogP contribution is -2.45. The van der Waals surface area contributed by atoms with Crippen LogP contribution >= 0.6 is 23.8 Å². The van der Waals surface area contributed by atoms with Gasteiger partial charge >= 0.3 is 0 Å². The number of benzene rings is 2. The highest BCUT2D eigenvalue weighted by Crippen LogP contribution is 2.29. The summed E-state index contributed by atoms with van der Waals surface area (Å²) in [6.45, 7) is 5.91. The van der Waals surface area contributed by atoms with Gasteiger partial charge in [0.2, 0.25) is 0 Å². The number of hydrogen-bond donors (Lipinski definition) is 3. The summed E-state index contributed by atoms with van der Waals surface area (Å²) in [6, 6.07) is 12.9. The van der Waals surface area contributed by atoms with Crippen molar-refractivity contribution in [1.29, 1.82) is 0 Å². The minimum Gasteiger partial charge on any atom is -0.351 e. The SMILES string of the molecule is CC1=C(C(=O)Nc2ccc(C)c(C)c2)[C@H](c2cccc(Cl)c2)NC(=S)N1. The number of hydrogen-bond acceptors (Lipinski definition) is 2. The lowest BCUT2D eigenvalue weighted by Gasteiger charge is -2.30. The van der Waals surface area contributed by atoms with Gasteiger partial charge in [0.05, 0.1) is 11.6 Å². The highest BCUT2D eigenvalue weighted by atomic mass is 35.5. The monoisotopic (exact) mass is 385 g/mol. The lowest BCUT2D eigenvalue weighted by molar-refractivity contribution is -0.113. The fourth-order valence-electron chi connectivity index (χ4n) is 2.95. The summed E-state index contributed by atoms with van der Waals surface area (Å²) >= 11 is 11.4. The summed E-state index contributed by atoms with van der Waals surface area (Å²) in [6.07, 6.45) is 0. The smallest absolute Gasteiger partial charge is 0.255 e. The Kier molecular flexibility index (Phi) is 5.30. The number of carbonyl (C=O) groups is 1. The van der Waals surface area contributed by atoms with Crippen molar-refractivity contribution in [3.05, 3.63) is 75.4 Å². The molecule has 1 amide bonds. The molecule has 3 N–H and O–H groups in total. The van der Waals surface area contributed by atoms with E-state index in [1.54, 1.807) is 6.07 Å². The number of anilines is 1. The van der Waals surface area contributed by atoms with Crippen LogP contribution in [0.2, 0.25) is 5.02 Å². The quantitative estimate of drug-likeness (QED) is 0.686. The van der Waals surface area contributed by atoms with Crippen LogP contribution in [0.5, 0.6) is 0 Å². The molecule has 6 heteroatoms. The van der Waals surface area contributed by atoms with E-state index in [1.165, 1.54) is 5.56 Å². The van der Waals surface area contributed by atoms with Gasteiger partial charge in [-0.3, -0.25) is 4.79 Å². The van der Waals surface area contributed by atoms with Gasteiger partial charge in [-0.1, -0.05) is 29.8 Å². The normalized spacial score (nSPS) is 16.8. The van der Waals surface area contributed by atoms with Crippen molar-refractivity contribution in [2.24, 2.45) is 0 Å². The van der Waals surface area contributed by atoms with Crippen molar-refractivity contribution in [3.63, 3.8) is 0 Å². The van der Waals surface area contributed by atoms with Crippen molar-refractivity contribution in [2.45, 2.75) is 26.8 Å². The van der Waals surface area contributed by atoms with Crippen LogP contribution < -0.4 is 16.0 Å². The van der Waals surface area contributed by atoms with Crippen LogP contribution in [0, 0.1) is 13.8 Å². The molecule has 134 valence electrons. The molecular weight excluding hydrogens is 366 g/mol. The molecule has 0 radical (unpaired) electrons. The van der Waals surface area contributed by atoms with Gasteiger partial charge in [-0.05, 0) is 73.9 Å². The molecule has 0 unspecified atom stereocenters.